The minimum atomic E-state index is -0.421. The van der Waals surface area contributed by atoms with Crippen LogP contribution in [0.4, 0.5) is 0 Å². The van der Waals surface area contributed by atoms with Gasteiger partial charge in [-0.3, -0.25) is 4.79 Å². The van der Waals surface area contributed by atoms with Crippen molar-refractivity contribution in [2.24, 2.45) is 11.3 Å². The van der Waals surface area contributed by atoms with Crippen molar-refractivity contribution in [1.29, 1.82) is 0 Å². The summed E-state index contributed by atoms with van der Waals surface area (Å²) < 4.78 is 5.44. The zero-order valence-corrected chi connectivity index (χ0v) is 12.0. The van der Waals surface area contributed by atoms with Crippen LogP contribution in [0.1, 0.15) is 55.4 Å². The van der Waals surface area contributed by atoms with E-state index < -0.39 is 5.60 Å². The summed E-state index contributed by atoms with van der Waals surface area (Å²) in [5, 5.41) is 0. The smallest absolute Gasteiger partial charge is 0.313 e. The lowest BCUT2D eigenvalue weighted by molar-refractivity contribution is -0.161. The van der Waals surface area contributed by atoms with E-state index in [9.17, 15) is 4.79 Å². The average molecular weight is 226 g/mol. The molecule has 0 aromatic rings. The van der Waals surface area contributed by atoms with Gasteiger partial charge in [0.2, 0.25) is 0 Å². The molecule has 0 N–H and O–H groups in total. The first-order valence-corrected chi connectivity index (χ1v) is 5.81. The summed E-state index contributed by atoms with van der Waals surface area (Å²) in [6.45, 7) is 15.9. The van der Waals surface area contributed by atoms with E-state index in [1.807, 2.05) is 40.7 Å². The molecule has 0 bridgehead atoms. The van der Waals surface area contributed by atoms with Gasteiger partial charge in [0, 0.05) is 0 Å². The molecule has 1 atom stereocenters. The average Bonchev–Trinajstić information content (AvgIpc) is 1.93. The molecule has 0 aliphatic heterocycles. The van der Waals surface area contributed by atoms with Crippen LogP contribution in [0.5, 0.6) is 0 Å². The van der Waals surface area contributed by atoms with E-state index >= 15 is 0 Å². The number of carbonyl (C=O) groups excluding carboxylic acids is 1. The molecule has 2 heteroatoms. The molecule has 1 unspecified atom stereocenters. The van der Waals surface area contributed by atoms with Crippen molar-refractivity contribution in [2.75, 3.05) is 0 Å². The molecule has 0 fully saturated rings. The first kappa shape index (κ1) is 15.2. The summed E-state index contributed by atoms with van der Waals surface area (Å²) in [7, 11) is 0. The summed E-state index contributed by atoms with van der Waals surface area (Å²) in [5.74, 6) is -0.321. The fourth-order valence-electron chi connectivity index (χ4n) is 1.37. The Balaban J connectivity index is 4.94. The Kier molecular flexibility index (Phi) is 4.78. The molecular weight excluding hydrogens is 200 g/mol. The molecule has 2 nitrogen and oxygen atoms in total. The van der Waals surface area contributed by atoms with Crippen molar-refractivity contribution < 1.29 is 9.53 Å². The maximum atomic E-state index is 12.1. The highest BCUT2D eigenvalue weighted by Gasteiger charge is 2.32. The van der Waals surface area contributed by atoms with E-state index in [0.717, 1.165) is 5.57 Å². The Morgan fingerprint density at radius 3 is 1.75 bits per heavy atom. The van der Waals surface area contributed by atoms with Crippen LogP contribution in [0, 0.1) is 11.3 Å². The van der Waals surface area contributed by atoms with Crippen LogP contribution in [-0.2, 0) is 9.53 Å². The molecule has 0 radical (unpaired) electrons. The summed E-state index contributed by atoms with van der Waals surface area (Å²) in [6.07, 6.45) is 1.99. The second-order valence-electron chi connectivity index (χ2n) is 6.62. The zero-order chi connectivity index (χ0) is 13.1. The monoisotopic (exact) mass is 226 g/mol. The highest BCUT2D eigenvalue weighted by atomic mass is 16.6. The third-order valence-electron chi connectivity index (χ3n) is 2.09. The number of esters is 1. The van der Waals surface area contributed by atoms with Crippen molar-refractivity contribution in [2.45, 2.75) is 61.0 Å². The summed E-state index contributed by atoms with van der Waals surface area (Å²) >= 11 is 0. The van der Waals surface area contributed by atoms with Gasteiger partial charge in [-0.05, 0) is 40.0 Å². The van der Waals surface area contributed by atoms with Crippen molar-refractivity contribution in [3.05, 3.63) is 11.6 Å². The van der Waals surface area contributed by atoms with Crippen molar-refractivity contribution in [3.63, 3.8) is 0 Å². The predicted octanol–water partition coefficient (Wildman–Crippen LogP) is 3.96. The normalized spacial score (nSPS) is 14.2. The SMILES string of the molecule is CC(C)=CC(C(=O)OC(C)(C)C)C(C)(C)C. The van der Waals surface area contributed by atoms with E-state index in [-0.39, 0.29) is 17.3 Å². The number of hydrogen-bond acceptors (Lipinski definition) is 2. The largest absolute Gasteiger partial charge is 0.460 e. The minimum Gasteiger partial charge on any atom is -0.460 e. The van der Waals surface area contributed by atoms with E-state index in [1.54, 1.807) is 0 Å². The van der Waals surface area contributed by atoms with Crippen molar-refractivity contribution in [3.8, 4) is 0 Å². The standard InChI is InChI=1S/C14H26O2/c1-10(2)9-11(13(3,4)5)12(15)16-14(6,7)8/h9,11H,1-8H3. The van der Waals surface area contributed by atoms with Crippen LogP contribution in [0.15, 0.2) is 11.6 Å². The molecule has 0 aromatic heterocycles. The highest BCUT2D eigenvalue weighted by molar-refractivity contribution is 5.75. The summed E-state index contributed by atoms with van der Waals surface area (Å²) in [4.78, 5) is 12.1. The number of ether oxygens (including phenoxy) is 1. The Labute approximate surface area is 100 Å². The quantitative estimate of drug-likeness (QED) is 0.526. The Hall–Kier alpha value is -0.790. The van der Waals surface area contributed by atoms with E-state index in [0.29, 0.717) is 0 Å². The van der Waals surface area contributed by atoms with Gasteiger partial charge in [0.05, 0.1) is 5.92 Å². The highest BCUT2D eigenvalue weighted by Crippen LogP contribution is 2.30. The topological polar surface area (TPSA) is 26.3 Å². The van der Waals surface area contributed by atoms with Gasteiger partial charge in [-0.2, -0.15) is 0 Å². The third kappa shape index (κ3) is 5.94. The predicted molar refractivity (Wildman–Crippen MR) is 68.2 cm³/mol. The van der Waals surface area contributed by atoms with Gasteiger partial charge in [0.25, 0.3) is 0 Å². The van der Waals surface area contributed by atoms with E-state index in [4.69, 9.17) is 4.74 Å². The fraction of sp³-hybridized carbons (Fsp3) is 0.786. The third-order valence-corrected chi connectivity index (χ3v) is 2.09. The second kappa shape index (κ2) is 5.03. The Bertz CT molecular complexity index is 270. The molecule has 0 spiro atoms. The zero-order valence-electron chi connectivity index (χ0n) is 12.0. The van der Waals surface area contributed by atoms with Crippen LogP contribution in [0.25, 0.3) is 0 Å². The maximum absolute atomic E-state index is 12.1. The van der Waals surface area contributed by atoms with Gasteiger partial charge >= 0.3 is 5.97 Å². The number of rotatable bonds is 2. The molecular formula is C14H26O2. The van der Waals surface area contributed by atoms with Crippen molar-refractivity contribution >= 4 is 5.97 Å². The van der Waals surface area contributed by atoms with Crippen LogP contribution < -0.4 is 0 Å². The van der Waals surface area contributed by atoms with Crippen LogP contribution in [0.2, 0.25) is 0 Å². The van der Waals surface area contributed by atoms with Gasteiger partial charge in [0.15, 0.2) is 0 Å². The van der Waals surface area contributed by atoms with Crippen LogP contribution in [0.3, 0.4) is 0 Å². The van der Waals surface area contributed by atoms with Gasteiger partial charge in [-0.1, -0.05) is 32.4 Å². The molecule has 16 heavy (non-hydrogen) atoms. The lowest BCUT2D eigenvalue weighted by Crippen LogP contribution is -2.34. The Morgan fingerprint density at radius 2 is 1.50 bits per heavy atom. The first-order valence-electron chi connectivity index (χ1n) is 5.81. The van der Waals surface area contributed by atoms with Gasteiger partial charge in [-0.15, -0.1) is 0 Å². The minimum absolute atomic E-state index is 0.112. The molecule has 0 saturated heterocycles. The van der Waals surface area contributed by atoms with E-state index in [2.05, 4.69) is 20.8 Å². The second-order valence-corrected chi connectivity index (χ2v) is 6.62. The fourth-order valence-corrected chi connectivity index (χ4v) is 1.37. The molecule has 0 aromatic carbocycles. The first-order chi connectivity index (χ1) is 6.93. The van der Waals surface area contributed by atoms with E-state index in [1.165, 1.54) is 0 Å². The lowest BCUT2D eigenvalue weighted by atomic mass is 9.80. The molecule has 94 valence electrons. The van der Waals surface area contributed by atoms with Gasteiger partial charge in [-0.25, -0.2) is 0 Å². The summed E-state index contributed by atoms with van der Waals surface area (Å²) in [6, 6.07) is 0. The van der Waals surface area contributed by atoms with Gasteiger partial charge in [0.1, 0.15) is 5.60 Å². The Morgan fingerprint density at radius 1 is 1.06 bits per heavy atom. The van der Waals surface area contributed by atoms with Crippen molar-refractivity contribution in [1.82, 2.24) is 0 Å². The maximum Gasteiger partial charge on any atom is 0.313 e. The van der Waals surface area contributed by atoms with Crippen LogP contribution >= 0.6 is 0 Å². The molecule has 0 aliphatic carbocycles. The molecule has 0 rings (SSSR count). The molecule has 0 saturated carbocycles. The molecule has 0 aliphatic rings. The van der Waals surface area contributed by atoms with Gasteiger partial charge < -0.3 is 4.74 Å². The lowest BCUT2D eigenvalue weighted by Gasteiger charge is -2.30. The number of hydrogen-bond donors (Lipinski definition) is 0. The number of allylic oxidation sites excluding steroid dienone is 1. The number of carbonyl (C=O) groups is 1. The van der Waals surface area contributed by atoms with Crippen LogP contribution in [-0.4, -0.2) is 11.6 Å². The molecule has 0 amide bonds. The summed E-state index contributed by atoms with van der Waals surface area (Å²) in [5.41, 5.74) is 0.612. The molecule has 0 heterocycles.